The molecule has 0 aromatic heterocycles. The van der Waals surface area contributed by atoms with Crippen LogP contribution in [0, 0.1) is 11.8 Å². The van der Waals surface area contributed by atoms with E-state index >= 15 is 0 Å². The third kappa shape index (κ3) is 13.5. The van der Waals surface area contributed by atoms with Gasteiger partial charge >= 0.3 is 11.9 Å². The molecule has 3 rings (SSSR count). The van der Waals surface area contributed by atoms with Crippen LogP contribution in [-0.2, 0) is 48.4 Å². The minimum atomic E-state index is -1.34. The number of Topliss-reactive ketones (excluding diaryl/α,β-unsaturated/α-hetero) is 2. The highest BCUT2D eigenvalue weighted by Gasteiger charge is 2.30. The Bertz CT molecular complexity index is 1560. The molecule has 5 N–H and O–H groups in total. The molecule has 0 saturated carbocycles. The molecule has 0 heterocycles. The van der Waals surface area contributed by atoms with Gasteiger partial charge in [-0.2, -0.15) is 0 Å². The van der Waals surface area contributed by atoms with Crippen molar-refractivity contribution in [1.29, 1.82) is 0 Å². The van der Waals surface area contributed by atoms with Crippen molar-refractivity contribution in [3.8, 4) is 11.5 Å². The van der Waals surface area contributed by atoms with Crippen molar-refractivity contribution < 1.29 is 48.5 Å². The number of ether oxygens (including phenoxy) is 2. The predicted octanol–water partition coefficient (Wildman–Crippen LogP) is 3.87. The lowest BCUT2D eigenvalue weighted by Gasteiger charge is -2.16. The minimum absolute atomic E-state index is 0.173. The maximum Gasteiger partial charge on any atom is 0.304 e. The van der Waals surface area contributed by atoms with E-state index in [0.717, 1.165) is 16.7 Å². The summed E-state index contributed by atoms with van der Waals surface area (Å²) in [6, 6.07) is 25.0. The number of rotatable bonds is 22. The molecule has 3 aromatic rings. The third-order valence-corrected chi connectivity index (χ3v) is 7.47. The Balaban J connectivity index is 1.52. The molecule has 0 saturated heterocycles. The molecule has 0 aliphatic rings. The Morgan fingerprint density at radius 1 is 0.646 bits per heavy atom. The van der Waals surface area contributed by atoms with Gasteiger partial charge in [0.15, 0.2) is 11.5 Å². The molecule has 12 heteroatoms. The van der Waals surface area contributed by atoms with Crippen molar-refractivity contribution in [3.63, 3.8) is 0 Å². The Hall–Kier alpha value is -5.52. The van der Waals surface area contributed by atoms with Gasteiger partial charge < -0.3 is 30.7 Å². The zero-order valence-corrected chi connectivity index (χ0v) is 26.5. The molecule has 3 aromatic carbocycles. The first-order valence-electron chi connectivity index (χ1n) is 15.5. The molecular weight excluding hydrogens is 620 g/mol. The number of ketones is 2. The molecule has 0 aliphatic carbocycles. The number of aliphatic carboxylic acids is 2. The van der Waals surface area contributed by atoms with Gasteiger partial charge in [-0.15, -0.1) is 0 Å². The molecule has 0 bridgehead atoms. The second-order valence-corrected chi connectivity index (χ2v) is 11.3. The Morgan fingerprint density at radius 2 is 1.21 bits per heavy atom. The van der Waals surface area contributed by atoms with Crippen LogP contribution < -0.4 is 20.5 Å². The van der Waals surface area contributed by atoms with E-state index in [9.17, 15) is 33.9 Å². The smallest absolute Gasteiger partial charge is 0.304 e. The van der Waals surface area contributed by atoms with Crippen LogP contribution >= 0.6 is 0 Å². The van der Waals surface area contributed by atoms with Crippen molar-refractivity contribution in [2.45, 2.75) is 58.2 Å². The SMILES string of the molecule is NC(=O)C(CC(=O)O)CC(=O)C(CC(=O)O)CC(=O)CCC(=O)NCCc1ccc(OCc2ccccc2)c(OCc2ccccc2)c1. The lowest BCUT2D eigenvalue weighted by atomic mass is 9.86. The van der Waals surface area contributed by atoms with E-state index in [-0.39, 0.29) is 19.4 Å². The summed E-state index contributed by atoms with van der Waals surface area (Å²) in [6.45, 7) is 0.970. The maximum absolute atomic E-state index is 12.7. The lowest BCUT2D eigenvalue weighted by Crippen LogP contribution is -2.31. The molecule has 0 aliphatic heterocycles. The number of carboxylic acid groups (broad SMARTS) is 2. The predicted molar refractivity (Wildman–Crippen MR) is 174 cm³/mol. The molecule has 2 atom stereocenters. The quantitative estimate of drug-likeness (QED) is 0.123. The van der Waals surface area contributed by atoms with Crippen LogP contribution in [0.15, 0.2) is 78.9 Å². The maximum atomic E-state index is 12.7. The highest BCUT2D eigenvalue weighted by molar-refractivity contribution is 5.94. The van der Waals surface area contributed by atoms with Crippen LogP contribution in [-0.4, -0.2) is 52.1 Å². The summed E-state index contributed by atoms with van der Waals surface area (Å²) >= 11 is 0. The molecule has 2 amide bonds. The fourth-order valence-electron chi connectivity index (χ4n) is 4.88. The minimum Gasteiger partial charge on any atom is -0.485 e. The number of benzene rings is 3. The number of hydrogen-bond acceptors (Lipinski definition) is 8. The van der Waals surface area contributed by atoms with E-state index < -0.39 is 72.8 Å². The largest absolute Gasteiger partial charge is 0.485 e. The molecular formula is C36H40N2O10. The van der Waals surface area contributed by atoms with Gasteiger partial charge in [-0.05, 0) is 35.2 Å². The van der Waals surface area contributed by atoms with Gasteiger partial charge in [0.1, 0.15) is 24.8 Å². The summed E-state index contributed by atoms with van der Waals surface area (Å²) in [5, 5.41) is 20.9. The zero-order chi connectivity index (χ0) is 34.9. The lowest BCUT2D eigenvalue weighted by molar-refractivity contribution is -0.144. The summed E-state index contributed by atoms with van der Waals surface area (Å²) in [7, 11) is 0. The average molecular weight is 661 g/mol. The molecule has 0 radical (unpaired) electrons. The summed E-state index contributed by atoms with van der Waals surface area (Å²) in [6.07, 6.45) is -2.35. The van der Waals surface area contributed by atoms with Gasteiger partial charge in [-0.25, -0.2) is 0 Å². The van der Waals surface area contributed by atoms with Crippen molar-refractivity contribution in [3.05, 3.63) is 95.6 Å². The van der Waals surface area contributed by atoms with Crippen molar-refractivity contribution in [2.75, 3.05) is 6.54 Å². The Kier molecular flexibility index (Phi) is 14.8. The van der Waals surface area contributed by atoms with Crippen LogP contribution in [0.25, 0.3) is 0 Å². The molecule has 0 fully saturated rings. The first-order valence-corrected chi connectivity index (χ1v) is 15.5. The fourth-order valence-corrected chi connectivity index (χ4v) is 4.88. The number of hydrogen-bond donors (Lipinski definition) is 4. The van der Waals surface area contributed by atoms with Gasteiger partial charge in [0.25, 0.3) is 0 Å². The molecule has 2 unspecified atom stereocenters. The Morgan fingerprint density at radius 3 is 1.77 bits per heavy atom. The number of primary amides is 1. The molecule has 254 valence electrons. The van der Waals surface area contributed by atoms with Crippen LogP contribution in [0.1, 0.15) is 55.2 Å². The van der Waals surface area contributed by atoms with Crippen molar-refractivity contribution in [1.82, 2.24) is 5.32 Å². The highest BCUT2D eigenvalue weighted by atomic mass is 16.5. The molecule has 0 spiro atoms. The fraction of sp³-hybridized carbons (Fsp3) is 0.333. The summed E-state index contributed by atoms with van der Waals surface area (Å²) in [4.78, 5) is 71.6. The number of nitrogens with two attached hydrogens (primary N) is 1. The van der Waals surface area contributed by atoms with Crippen LogP contribution in [0.3, 0.4) is 0 Å². The van der Waals surface area contributed by atoms with Gasteiger partial charge in [0, 0.05) is 38.1 Å². The summed E-state index contributed by atoms with van der Waals surface area (Å²) < 4.78 is 12.2. The Labute approximate surface area is 278 Å². The van der Waals surface area contributed by atoms with E-state index in [0.29, 0.717) is 31.1 Å². The van der Waals surface area contributed by atoms with Gasteiger partial charge in [-0.3, -0.25) is 28.8 Å². The monoisotopic (exact) mass is 660 g/mol. The van der Waals surface area contributed by atoms with E-state index in [2.05, 4.69) is 5.32 Å². The number of carbonyl (C=O) groups excluding carboxylic acids is 4. The number of carboxylic acids is 2. The highest BCUT2D eigenvalue weighted by Crippen LogP contribution is 2.30. The number of carbonyl (C=O) groups is 6. The molecule has 48 heavy (non-hydrogen) atoms. The molecule has 12 nitrogen and oxygen atoms in total. The van der Waals surface area contributed by atoms with Crippen LogP contribution in [0.2, 0.25) is 0 Å². The van der Waals surface area contributed by atoms with Crippen LogP contribution in [0.5, 0.6) is 11.5 Å². The summed E-state index contributed by atoms with van der Waals surface area (Å²) in [5.74, 6) is -6.80. The van der Waals surface area contributed by atoms with Crippen molar-refractivity contribution in [2.24, 2.45) is 17.6 Å². The van der Waals surface area contributed by atoms with Gasteiger partial charge in [0.2, 0.25) is 11.8 Å². The standard InChI is InChI=1S/C36H40N2O10/c37-36(46)28(21-35(44)45)19-30(40)27(20-34(42)43)18-29(39)12-14-33(41)38-16-15-24-11-13-31(47-22-25-7-3-1-4-8-25)32(17-24)48-23-26-9-5-2-6-10-26/h1-11,13,17,27-28H,12,14-16,18-23H2,(H2,37,46)(H,38,41)(H,42,43)(H,44,45). The van der Waals surface area contributed by atoms with Gasteiger partial charge in [0.05, 0.1) is 18.8 Å². The van der Waals surface area contributed by atoms with E-state index in [1.165, 1.54) is 0 Å². The topological polar surface area (TPSA) is 199 Å². The summed E-state index contributed by atoms with van der Waals surface area (Å²) in [5.41, 5.74) is 8.06. The van der Waals surface area contributed by atoms with E-state index in [1.807, 2.05) is 78.9 Å². The van der Waals surface area contributed by atoms with Gasteiger partial charge in [-0.1, -0.05) is 66.7 Å². The zero-order valence-electron chi connectivity index (χ0n) is 26.5. The number of amides is 2. The second-order valence-electron chi connectivity index (χ2n) is 11.3. The normalized spacial score (nSPS) is 11.9. The third-order valence-electron chi connectivity index (χ3n) is 7.47. The number of nitrogens with one attached hydrogen (secondary N) is 1. The average Bonchev–Trinajstić information content (AvgIpc) is 3.05. The van der Waals surface area contributed by atoms with Crippen molar-refractivity contribution >= 4 is 35.3 Å². The van der Waals surface area contributed by atoms with Crippen LogP contribution in [0.4, 0.5) is 0 Å². The van der Waals surface area contributed by atoms with E-state index in [4.69, 9.17) is 20.3 Å². The van der Waals surface area contributed by atoms with E-state index in [1.54, 1.807) is 0 Å². The first kappa shape index (κ1) is 36.9. The first-order chi connectivity index (χ1) is 23.0. The second kappa shape index (κ2) is 19.2.